The average Bonchev–Trinajstić information content (AvgIpc) is 2.66. The van der Waals surface area contributed by atoms with Crippen LogP contribution in [0.15, 0.2) is 63.5 Å². The molecule has 4 nitrogen and oxygen atoms in total. The van der Waals surface area contributed by atoms with E-state index >= 15 is 0 Å². The summed E-state index contributed by atoms with van der Waals surface area (Å²) in [6.07, 6.45) is 4.35. The number of methoxy groups -OCH3 is 2. The van der Waals surface area contributed by atoms with Gasteiger partial charge in [0, 0.05) is 5.56 Å². The molecule has 4 heteroatoms. The second kappa shape index (κ2) is 7.48. The topological polar surface area (TPSA) is 48.7 Å². The highest BCUT2D eigenvalue weighted by atomic mass is 16.5. The Labute approximate surface area is 152 Å². The molecule has 1 heterocycles. The Hall–Kier alpha value is -3.01. The van der Waals surface area contributed by atoms with Gasteiger partial charge in [0.05, 0.1) is 25.2 Å². The standard InChI is InChI=1S/C22H22O4/c1-14(2)5-6-16-9-12-18-20(23)19(13-26-22(18)21(16)25-4)15-7-10-17(24-3)11-8-15/h5,7-13H,6H2,1-4H3. The van der Waals surface area contributed by atoms with E-state index in [1.54, 1.807) is 14.2 Å². The first-order valence-electron chi connectivity index (χ1n) is 8.44. The third-order valence-corrected chi connectivity index (χ3v) is 4.31. The summed E-state index contributed by atoms with van der Waals surface area (Å²) in [6.45, 7) is 4.10. The minimum atomic E-state index is -0.0801. The number of ether oxygens (including phenoxy) is 2. The number of hydrogen-bond acceptors (Lipinski definition) is 4. The molecule has 0 aliphatic carbocycles. The Morgan fingerprint density at radius 3 is 2.38 bits per heavy atom. The van der Waals surface area contributed by atoms with Crippen LogP contribution in [0.5, 0.6) is 11.5 Å². The van der Waals surface area contributed by atoms with Gasteiger partial charge < -0.3 is 13.9 Å². The third-order valence-electron chi connectivity index (χ3n) is 4.31. The van der Waals surface area contributed by atoms with Crippen molar-refractivity contribution in [3.8, 4) is 22.6 Å². The molecule has 0 aliphatic heterocycles. The number of fused-ring (bicyclic) bond motifs is 1. The maximum atomic E-state index is 13.0. The van der Waals surface area contributed by atoms with E-state index in [0.29, 0.717) is 22.3 Å². The van der Waals surface area contributed by atoms with Crippen molar-refractivity contribution >= 4 is 11.0 Å². The van der Waals surface area contributed by atoms with Crippen LogP contribution < -0.4 is 14.9 Å². The van der Waals surface area contributed by atoms with Crippen LogP contribution in [0.3, 0.4) is 0 Å². The first-order chi connectivity index (χ1) is 12.5. The smallest absolute Gasteiger partial charge is 0.200 e. The molecular formula is C22H22O4. The highest BCUT2D eigenvalue weighted by molar-refractivity contribution is 5.87. The van der Waals surface area contributed by atoms with E-state index in [-0.39, 0.29) is 5.43 Å². The van der Waals surface area contributed by atoms with E-state index in [0.717, 1.165) is 23.3 Å². The lowest BCUT2D eigenvalue weighted by molar-refractivity contribution is 0.405. The average molecular weight is 350 g/mol. The van der Waals surface area contributed by atoms with E-state index < -0.39 is 0 Å². The van der Waals surface area contributed by atoms with Crippen LogP contribution in [0.4, 0.5) is 0 Å². The van der Waals surface area contributed by atoms with Crippen molar-refractivity contribution in [1.82, 2.24) is 0 Å². The van der Waals surface area contributed by atoms with Gasteiger partial charge in [0.25, 0.3) is 0 Å². The largest absolute Gasteiger partial charge is 0.497 e. The van der Waals surface area contributed by atoms with Crippen LogP contribution >= 0.6 is 0 Å². The molecule has 0 saturated heterocycles. The van der Waals surface area contributed by atoms with E-state index in [2.05, 4.69) is 19.9 Å². The number of benzene rings is 2. The molecule has 0 radical (unpaired) electrons. The fourth-order valence-electron chi connectivity index (χ4n) is 2.88. The molecule has 2 aromatic carbocycles. The zero-order valence-corrected chi connectivity index (χ0v) is 15.5. The summed E-state index contributed by atoms with van der Waals surface area (Å²) in [5, 5.41) is 0.510. The summed E-state index contributed by atoms with van der Waals surface area (Å²) < 4.78 is 16.5. The van der Waals surface area contributed by atoms with Gasteiger partial charge in [-0.2, -0.15) is 0 Å². The van der Waals surface area contributed by atoms with Crippen LogP contribution in [-0.2, 0) is 6.42 Å². The van der Waals surface area contributed by atoms with Gasteiger partial charge in [-0.3, -0.25) is 4.79 Å². The lowest BCUT2D eigenvalue weighted by Gasteiger charge is -2.11. The van der Waals surface area contributed by atoms with Crippen molar-refractivity contribution in [1.29, 1.82) is 0 Å². The van der Waals surface area contributed by atoms with Crippen molar-refractivity contribution in [2.24, 2.45) is 0 Å². The molecule has 0 atom stereocenters. The van der Waals surface area contributed by atoms with Crippen LogP contribution in [0.1, 0.15) is 19.4 Å². The van der Waals surface area contributed by atoms with Gasteiger partial charge in [0.1, 0.15) is 12.0 Å². The number of hydrogen-bond donors (Lipinski definition) is 0. The lowest BCUT2D eigenvalue weighted by Crippen LogP contribution is -2.06. The Balaban J connectivity index is 2.13. The highest BCUT2D eigenvalue weighted by Crippen LogP contribution is 2.31. The quantitative estimate of drug-likeness (QED) is 0.609. The van der Waals surface area contributed by atoms with Gasteiger partial charge in [0.15, 0.2) is 11.3 Å². The molecule has 3 aromatic rings. The second-order valence-corrected chi connectivity index (χ2v) is 6.33. The first-order valence-corrected chi connectivity index (χ1v) is 8.44. The number of allylic oxidation sites excluding steroid dienone is 2. The van der Waals surface area contributed by atoms with E-state index in [1.165, 1.54) is 11.8 Å². The van der Waals surface area contributed by atoms with Crippen molar-refractivity contribution in [2.45, 2.75) is 20.3 Å². The van der Waals surface area contributed by atoms with Crippen LogP contribution in [0.25, 0.3) is 22.1 Å². The zero-order chi connectivity index (χ0) is 18.7. The molecular weight excluding hydrogens is 328 g/mol. The minimum Gasteiger partial charge on any atom is -0.497 e. The third kappa shape index (κ3) is 3.36. The second-order valence-electron chi connectivity index (χ2n) is 6.33. The van der Waals surface area contributed by atoms with E-state index in [4.69, 9.17) is 13.9 Å². The summed E-state index contributed by atoms with van der Waals surface area (Å²) in [6, 6.07) is 11.1. The Kier molecular flexibility index (Phi) is 5.12. The molecule has 0 bridgehead atoms. The summed E-state index contributed by atoms with van der Waals surface area (Å²) in [7, 11) is 3.21. The van der Waals surface area contributed by atoms with Gasteiger partial charge in [0.2, 0.25) is 5.43 Å². The molecule has 0 aliphatic rings. The van der Waals surface area contributed by atoms with Crippen molar-refractivity contribution in [2.75, 3.05) is 14.2 Å². The van der Waals surface area contributed by atoms with Gasteiger partial charge in [-0.05, 0) is 44.0 Å². The predicted molar refractivity (Wildman–Crippen MR) is 104 cm³/mol. The molecule has 134 valence electrons. The highest BCUT2D eigenvalue weighted by Gasteiger charge is 2.15. The molecule has 0 unspecified atom stereocenters. The van der Waals surface area contributed by atoms with Crippen LogP contribution in [0, 0.1) is 0 Å². The minimum absolute atomic E-state index is 0.0801. The molecule has 0 fully saturated rings. The number of rotatable bonds is 5. The molecule has 3 rings (SSSR count). The summed E-state index contributed by atoms with van der Waals surface area (Å²) in [5.74, 6) is 1.35. The van der Waals surface area contributed by atoms with Crippen LogP contribution in [0.2, 0.25) is 0 Å². The van der Waals surface area contributed by atoms with Gasteiger partial charge in [-0.25, -0.2) is 0 Å². The summed E-state index contributed by atoms with van der Waals surface area (Å²) >= 11 is 0. The fraction of sp³-hybridized carbons (Fsp3) is 0.227. The summed E-state index contributed by atoms with van der Waals surface area (Å²) in [4.78, 5) is 13.0. The monoisotopic (exact) mass is 350 g/mol. The predicted octanol–water partition coefficient (Wildman–Crippen LogP) is 4.99. The SMILES string of the molecule is COc1ccc(-c2coc3c(OC)c(CC=C(C)C)ccc3c2=O)cc1. The maximum Gasteiger partial charge on any atom is 0.200 e. The molecule has 0 amide bonds. The van der Waals surface area contributed by atoms with Crippen molar-refractivity contribution in [3.63, 3.8) is 0 Å². The van der Waals surface area contributed by atoms with Gasteiger partial charge >= 0.3 is 0 Å². The lowest BCUT2D eigenvalue weighted by atomic mass is 10.0. The first kappa shape index (κ1) is 17.8. The van der Waals surface area contributed by atoms with Gasteiger partial charge in [-0.1, -0.05) is 29.8 Å². The van der Waals surface area contributed by atoms with E-state index in [9.17, 15) is 4.79 Å². The van der Waals surface area contributed by atoms with Crippen LogP contribution in [-0.4, -0.2) is 14.2 Å². The molecule has 0 saturated carbocycles. The molecule has 0 spiro atoms. The zero-order valence-electron chi connectivity index (χ0n) is 15.5. The molecule has 1 aromatic heterocycles. The van der Waals surface area contributed by atoms with Gasteiger partial charge in [-0.15, -0.1) is 0 Å². The molecule has 0 N–H and O–H groups in total. The Bertz CT molecular complexity index is 1010. The maximum absolute atomic E-state index is 13.0. The van der Waals surface area contributed by atoms with Crippen molar-refractivity contribution in [3.05, 3.63) is 70.1 Å². The van der Waals surface area contributed by atoms with E-state index in [1.807, 2.05) is 36.4 Å². The summed E-state index contributed by atoms with van der Waals surface area (Å²) in [5.41, 5.74) is 3.91. The fourth-order valence-corrected chi connectivity index (χ4v) is 2.88. The Morgan fingerprint density at radius 2 is 1.77 bits per heavy atom. The Morgan fingerprint density at radius 1 is 1.04 bits per heavy atom. The molecule has 26 heavy (non-hydrogen) atoms. The normalized spacial score (nSPS) is 10.6. The van der Waals surface area contributed by atoms with Crippen molar-refractivity contribution < 1.29 is 13.9 Å².